The fourth-order valence-corrected chi connectivity index (χ4v) is 1.59. The monoisotopic (exact) mass is 260 g/mol. The van der Waals surface area contributed by atoms with E-state index in [0.717, 1.165) is 17.2 Å². The maximum Gasteiger partial charge on any atom is 0.338 e. The molecule has 0 fully saturated rings. The first-order valence-corrected chi connectivity index (χ1v) is 5.81. The Hall–Kier alpha value is -2.36. The molecule has 0 saturated heterocycles. The van der Waals surface area contributed by atoms with Crippen LogP contribution >= 0.6 is 0 Å². The summed E-state index contributed by atoms with van der Waals surface area (Å²) in [6.07, 6.45) is 4.42. The van der Waals surface area contributed by atoms with Gasteiger partial charge in [-0.05, 0) is 25.0 Å². The molecule has 0 radical (unpaired) electrons. The number of allylic oxidation sites excluding steroid dienone is 1. The van der Waals surface area contributed by atoms with Crippen LogP contribution in [0.25, 0.3) is 0 Å². The highest BCUT2D eigenvalue weighted by Crippen LogP contribution is 2.14. The summed E-state index contributed by atoms with van der Waals surface area (Å²) in [5, 5.41) is 8.55. The lowest BCUT2D eigenvalue weighted by molar-refractivity contribution is -0.131. The molecular weight excluding hydrogens is 244 g/mol. The molecule has 0 aliphatic rings. The van der Waals surface area contributed by atoms with Crippen molar-refractivity contribution in [3.8, 4) is 0 Å². The molecule has 100 valence electrons. The van der Waals surface area contributed by atoms with Crippen LogP contribution in [0.15, 0.2) is 43.0 Å². The number of rotatable bonds is 6. The van der Waals surface area contributed by atoms with Crippen molar-refractivity contribution in [1.29, 1.82) is 0 Å². The van der Waals surface area contributed by atoms with Crippen LogP contribution in [0.4, 0.5) is 0 Å². The van der Waals surface area contributed by atoms with E-state index in [1.54, 1.807) is 6.07 Å². The highest BCUT2D eigenvalue weighted by molar-refractivity contribution is 5.91. The third-order valence-corrected chi connectivity index (χ3v) is 2.41. The zero-order valence-corrected chi connectivity index (χ0v) is 10.8. The summed E-state index contributed by atoms with van der Waals surface area (Å²) in [6, 6.07) is 5.34. The molecule has 0 heterocycles. The van der Waals surface area contributed by atoms with E-state index in [9.17, 15) is 9.59 Å². The molecular formula is C15H16O4. The van der Waals surface area contributed by atoms with Gasteiger partial charge in [-0.3, -0.25) is 0 Å². The number of carboxylic acid groups (broad SMARTS) is 1. The number of hydrogen-bond donors (Lipinski definition) is 1. The minimum absolute atomic E-state index is 0.150. The Balaban J connectivity index is 2.93. The predicted octanol–water partition coefficient (Wildman–Crippen LogP) is 2.52. The number of benzene rings is 1. The first kappa shape index (κ1) is 14.7. The number of carbonyl (C=O) groups excluding carboxylic acids is 1. The van der Waals surface area contributed by atoms with E-state index in [2.05, 4.69) is 6.58 Å². The summed E-state index contributed by atoms with van der Waals surface area (Å²) in [5.41, 5.74) is 2.19. The van der Waals surface area contributed by atoms with Crippen LogP contribution in [-0.4, -0.2) is 23.7 Å². The second-order valence-electron chi connectivity index (χ2n) is 3.99. The van der Waals surface area contributed by atoms with Crippen molar-refractivity contribution in [3.63, 3.8) is 0 Å². The highest BCUT2D eigenvalue weighted by atomic mass is 16.5. The third kappa shape index (κ3) is 4.79. The van der Waals surface area contributed by atoms with E-state index in [4.69, 9.17) is 9.84 Å². The summed E-state index contributed by atoms with van der Waals surface area (Å²) in [4.78, 5) is 22.2. The Morgan fingerprint density at radius 2 is 2.16 bits per heavy atom. The second-order valence-corrected chi connectivity index (χ2v) is 3.99. The van der Waals surface area contributed by atoms with Crippen molar-refractivity contribution in [3.05, 3.63) is 59.7 Å². The summed E-state index contributed by atoms with van der Waals surface area (Å²) >= 11 is 0. The zero-order chi connectivity index (χ0) is 14.3. The number of esters is 1. The van der Waals surface area contributed by atoms with E-state index in [1.165, 1.54) is 12.2 Å². The average molecular weight is 260 g/mol. The van der Waals surface area contributed by atoms with Gasteiger partial charge in [0, 0.05) is 6.08 Å². The topological polar surface area (TPSA) is 63.6 Å². The predicted molar refractivity (Wildman–Crippen MR) is 72.1 cm³/mol. The van der Waals surface area contributed by atoms with Crippen molar-refractivity contribution in [2.45, 2.75) is 13.3 Å². The normalized spacial score (nSPS) is 10.4. The molecule has 1 N–H and O–H groups in total. The van der Waals surface area contributed by atoms with Crippen LogP contribution in [0.3, 0.4) is 0 Å². The van der Waals surface area contributed by atoms with Crippen molar-refractivity contribution in [2.75, 3.05) is 6.61 Å². The Bertz CT molecular complexity index is 515. The second kappa shape index (κ2) is 7.16. The number of aryl methyl sites for hydroxylation is 1. The molecule has 4 nitrogen and oxygen atoms in total. The smallest absolute Gasteiger partial charge is 0.338 e. The molecule has 1 aromatic carbocycles. The van der Waals surface area contributed by atoms with Gasteiger partial charge in [-0.1, -0.05) is 36.4 Å². The largest absolute Gasteiger partial charge is 0.478 e. The van der Waals surface area contributed by atoms with Crippen LogP contribution in [-0.2, 0) is 16.0 Å². The van der Waals surface area contributed by atoms with Gasteiger partial charge >= 0.3 is 11.9 Å². The van der Waals surface area contributed by atoms with E-state index in [-0.39, 0.29) is 6.61 Å². The Labute approximate surface area is 112 Å². The number of carbonyl (C=O) groups is 2. The molecule has 0 aliphatic heterocycles. The zero-order valence-electron chi connectivity index (χ0n) is 10.8. The molecule has 0 aromatic heterocycles. The fraction of sp³-hybridized carbons (Fsp3) is 0.200. The molecule has 0 bridgehead atoms. The van der Waals surface area contributed by atoms with Crippen molar-refractivity contribution >= 4 is 11.9 Å². The molecule has 19 heavy (non-hydrogen) atoms. The van der Waals surface area contributed by atoms with E-state index in [0.29, 0.717) is 12.0 Å². The van der Waals surface area contributed by atoms with Crippen LogP contribution in [0.5, 0.6) is 0 Å². The molecule has 0 aliphatic carbocycles. The number of ether oxygens (including phenoxy) is 1. The lowest BCUT2D eigenvalue weighted by Gasteiger charge is -2.08. The van der Waals surface area contributed by atoms with Gasteiger partial charge < -0.3 is 9.84 Å². The molecule has 0 saturated carbocycles. The van der Waals surface area contributed by atoms with E-state index < -0.39 is 11.9 Å². The first-order valence-electron chi connectivity index (χ1n) is 5.81. The maximum atomic E-state index is 11.8. The van der Waals surface area contributed by atoms with Crippen molar-refractivity contribution in [1.82, 2.24) is 0 Å². The van der Waals surface area contributed by atoms with E-state index in [1.807, 2.05) is 19.1 Å². The van der Waals surface area contributed by atoms with Crippen LogP contribution in [0.2, 0.25) is 0 Å². The number of hydrogen-bond acceptors (Lipinski definition) is 3. The minimum Gasteiger partial charge on any atom is -0.478 e. The summed E-state index contributed by atoms with van der Waals surface area (Å²) in [6.45, 7) is 5.53. The molecule has 0 atom stereocenters. The van der Waals surface area contributed by atoms with Crippen molar-refractivity contribution in [2.24, 2.45) is 0 Å². The summed E-state index contributed by atoms with van der Waals surface area (Å²) in [7, 11) is 0. The van der Waals surface area contributed by atoms with Crippen LogP contribution in [0.1, 0.15) is 21.5 Å². The molecule has 0 spiro atoms. The van der Waals surface area contributed by atoms with Gasteiger partial charge in [0.25, 0.3) is 0 Å². The summed E-state index contributed by atoms with van der Waals surface area (Å²) < 4.78 is 4.99. The van der Waals surface area contributed by atoms with Crippen molar-refractivity contribution < 1.29 is 19.4 Å². The number of aliphatic carboxylic acids is 1. The quantitative estimate of drug-likeness (QED) is 0.485. The Kier molecular flexibility index (Phi) is 5.54. The van der Waals surface area contributed by atoms with Gasteiger partial charge in [0.1, 0.15) is 6.61 Å². The Morgan fingerprint density at radius 1 is 1.42 bits per heavy atom. The van der Waals surface area contributed by atoms with Gasteiger partial charge in [0.15, 0.2) is 0 Å². The molecule has 0 unspecified atom stereocenters. The maximum absolute atomic E-state index is 11.8. The average Bonchev–Trinajstić information content (AvgIpc) is 2.35. The summed E-state index contributed by atoms with van der Waals surface area (Å²) in [5.74, 6) is -1.44. The molecule has 0 amide bonds. The van der Waals surface area contributed by atoms with E-state index >= 15 is 0 Å². The van der Waals surface area contributed by atoms with Gasteiger partial charge in [0.05, 0.1) is 5.56 Å². The SMILES string of the molecule is C=CCOC(=O)c1ccc(C)cc1C/C=C/C(=O)O. The lowest BCUT2D eigenvalue weighted by Crippen LogP contribution is -2.08. The van der Waals surface area contributed by atoms with Gasteiger partial charge in [-0.2, -0.15) is 0 Å². The van der Waals surface area contributed by atoms with Crippen LogP contribution < -0.4 is 0 Å². The molecule has 1 aromatic rings. The molecule has 1 rings (SSSR count). The lowest BCUT2D eigenvalue weighted by atomic mass is 10.0. The van der Waals surface area contributed by atoms with Gasteiger partial charge in [0.2, 0.25) is 0 Å². The Morgan fingerprint density at radius 3 is 2.79 bits per heavy atom. The van der Waals surface area contributed by atoms with Gasteiger partial charge in [-0.25, -0.2) is 9.59 Å². The molecule has 4 heteroatoms. The minimum atomic E-state index is -1.01. The highest BCUT2D eigenvalue weighted by Gasteiger charge is 2.11. The van der Waals surface area contributed by atoms with Crippen LogP contribution in [0, 0.1) is 6.92 Å². The fourth-order valence-electron chi connectivity index (χ4n) is 1.59. The van der Waals surface area contributed by atoms with Gasteiger partial charge in [-0.15, -0.1) is 0 Å². The first-order chi connectivity index (χ1) is 9.04. The number of carboxylic acids is 1. The standard InChI is InChI=1S/C15H16O4/c1-3-9-19-15(18)13-8-7-11(2)10-12(13)5-4-6-14(16)17/h3-4,6-8,10H,1,5,9H2,2H3,(H,16,17)/b6-4+. The third-order valence-electron chi connectivity index (χ3n) is 2.41.